The topological polar surface area (TPSA) is 42.7 Å². The van der Waals surface area contributed by atoms with Crippen LogP contribution in [0.2, 0.25) is 0 Å². The fourth-order valence-corrected chi connectivity index (χ4v) is 1.94. The van der Waals surface area contributed by atoms with Gasteiger partial charge in [0.05, 0.1) is 6.04 Å². The summed E-state index contributed by atoms with van der Waals surface area (Å²) in [4.78, 5) is 4.52. The molecule has 1 atom stereocenters. The number of aromatic nitrogens is 3. The molecule has 0 saturated carbocycles. The molecule has 4 heteroatoms. The van der Waals surface area contributed by atoms with Crippen molar-refractivity contribution in [1.82, 2.24) is 20.1 Å². The van der Waals surface area contributed by atoms with Gasteiger partial charge in [-0.25, -0.2) is 9.67 Å². The van der Waals surface area contributed by atoms with Crippen LogP contribution in [0.3, 0.4) is 0 Å². The van der Waals surface area contributed by atoms with Crippen LogP contribution in [0.15, 0.2) is 0 Å². The Labute approximate surface area is 84.7 Å². The molecule has 1 aromatic heterocycles. The van der Waals surface area contributed by atoms with Crippen LogP contribution in [0.1, 0.15) is 38.0 Å². The van der Waals surface area contributed by atoms with Crippen LogP contribution in [0.4, 0.5) is 0 Å². The van der Waals surface area contributed by atoms with E-state index in [9.17, 15) is 0 Å². The number of nitrogens with one attached hydrogen (secondary N) is 1. The maximum absolute atomic E-state index is 4.55. The van der Waals surface area contributed by atoms with E-state index in [2.05, 4.69) is 33.9 Å². The van der Waals surface area contributed by atoms with Gasteiger partial charge in [0.15, 0.2) is 5.82 Å². The number of aryl methyl sites for hydroxylation is 2. The zero-order chi connectivity index (χ0) is 9.97. The van der Waals surface area contributed by atoms with E-state index in [0.717, 1.165) is 37.6 Å². The van der Waals surface area contributed by atoms with E-state index in [1.807, 2.05) is 0 Å². The predicted molar refractivity (Wildman–Crippen MR) is 55.3 cm³/mol. The molecule has 0 aromatic carbocycles. The lowest BCUT2D eigenvalue weighted by atomic mass is 10.2. The molecule has 14 heavy (non-hydrogen) atoms. The molecule has 78 valence electrons. The summed E-state index contributed by atoms with van der Waals surface area (Å²) in [6.07, 6.45) is 3.09. The average molecular weight is 194 g/mol. The van der Waals surface area contributed by atoms with Crippen LogP contribution in [0.25, 0.3) is 0 Å². The van der Waals surface area contributed by atoms with E-state index in [1.165, 1.54) is 6.42 Å². The molecule has 2 rings (SSSR count). The van der Waals surface area contributed by atoms with Gasteiger partial charge in [0.25, 0.3) is 0 Å². The Morgan fingerprint density at radius 2 is 2.29 bits per heavy atom. The third kappa shape index (κ3) is 1.66. The van der Waals surface area contributed by atoms with Gasteiger partial charge in [0, 0.05) is 19.4 Å². The lowest BCUT2D eigenvalue weighted by Gasteiger charge is -2.10. The highest BCUT2D eigenvalue weighted by molar-refractivity contribution is 4.96. The van der Waals surface area contributed by atoms with Gasteiger partial charge in [-0.15, -0.1) is 0 Å². The van der Waals surface area contributed by atoms with E-state index in [0.29, 0.717) is 6.04 Å². The summed E-state index contributed by atoms with van der Waals surface area (Å²) in [6.45, 7) is 6.39. The molecular weight excluding hydrogens is 176 g/mol. The quantitative estimate of drug-likeness (QED) is 0.778. The first-order valence-electron chi connectivity index (χ1n) is 5.50. The summed E-state index contributed by atoms with van der Waals surface area (Å²) in [5.41, 5.74) is 0. The molecule has 2 heterocycles. The second-order valence-electron chi connectivity index (χ2n) is 3.74. The third-order valence-corrected chi connectivity index (χ3v) is 2.76. The Balaban J connectivity index is 2.25. The molecule has 1 aliphatic heterocycles. The van der Waals surface area contributed by atoms with Crippen LogP contribution in [-0.2, 0) is 12.8 Å². The number of nitrogens with zero attached hydrogens (tertiary/aromatic N) is 3. The number of rotatable bonds is 3. The molecule has 1 fully saturated rings. The highest BCUT2D eigenvalue weighted by Gasteiger charge is 2.20. The Kier molecular flexibility index (Phi) is 2.82. The standard InChI is InChI=1S/C10H18N4/c1-3-9-12-10(4-2)14(13-9)8-5-6-11-7-8/h8,11H,3-7H2,1-2H3. The monoisotopic (exact) mass is 194 g/mol. The van der Waals surface area contributed by atoms with Gasteiger partial charge in [0.2, 0.25) is 0 Å². The molecule has 1 aliphatic rings. The van der Waals surface area contributed by atoms with Gasteiger partial charge >= 0.3 is 0 Å². The molecular formula is C10H18N4. The lowest BCUT2D eigenvalue weighted by molar-refractivity contribution is 0.468. The highest BCUT2D eigenvalue weighted by atomic mass is 15.4. The van der Waals surface area contributed by atoms with Gasteiger partial charge in [-0.1, -0.05) is 13.8 Å². The molecule has 4 nitrogen and oxygen atoms in total. The fourth-order valence-electron chi connectivity index (χ4n) is 1.94. The van der Waals surface area contributed by atoms with Crippen molar-refractivity contribution in [2.75, 3.05) is 13.1 Å². The Morgan fingerprint density at radius 1 is 1.43 bits per heavy atom. The van der Waals surface area contributed by atoms with Gasteiger partial charge in [-0.2, -0.15) is 5.10 Å². The van der Waals surface area contributed by atoms with Crippen LogP contribution in [-0.4, -0.2) is 27.9 Å². The summed E-state index contributed by atoms with van der Waals surface area (Å²) < 4.78 is 2.12. The molecule has 0 radical (unpaired) electrons. The molecule has 0 aliphatic carbocycles. The van der Waals surface area contributed by atoms with Gasteiger partial charge in [-0.05, 0) is 13.0 Å². The minimum atomic E-state index is 0.526. The second-order valence-corrected chi connectivity index (χ2v) is 3.74. The first-order chi connectivity index (χ1) is 6.85. The van der Waals surface area contributed by atoms with Crippen molar-refractivity contribution in [3.63, 3.8) is 0 Å². The lowest BCUT2D eigenvalue weighted by Crippen LogP contribution is -2.16. The average Bonchev–Trinajstić information content (AvgIpc) is 2.85. The first-order valence-corrected chi connectivity index (χ1v) is 5.50. The summed E-state index contributed by atoms with van der Waals surface area (Å²) >= 11 is 0. The van der Waals surface area contributed by atoms with Crippen molar-refractivity contribution >= 4 is 0 Å². The second kappa shape index (κ2) is 4.09. The summed E-state index contributed by atoms with van der Waals surface area (Å²) in [6, 6.07) is 0.526. The summed E-state index contributed by atoms with van der Waals surface area (Å²) in [5, 5.41) is 7.91. The molecule has 1 unspecified atom stereocenters. The highest BCUT2D eigenvalue weighted by Crippen LogP contribution is 2.16. The van der Waals surface area contributed by atoms with Crippen molar-refractivity contribution in [2.24, 2.45) is 0 Å². The maximum Gasteiger partial charge on any atom is 0.150 e. The Hall–Kier alpha value is -0.900. The predicted octanol–water partition coefficient (Wildman–Crippen LogP) is 0.937. The Morgan fingerprint density at radius 3 is 2.86 bits per heavy atom. The zero-order valence-electron chi connectivity index (χ0n) is 8.95. The van der Waals surface area contributed by atoms with Crippen LogP contribution >= 0.6 is 0 Å². The van der Waals surface area contributed by atoms with Gasteiger partial charge in [-0.3, -0.25) is 0 Å². The molecule has 0 spiro atoms. The minimum absolute atomic E-state index is 0.526. The van der Waals surface area contributed by atoms with Crippen molar-refractivity contribution in [2.45, 2.75) is 39.2 Å². The van der Waals surface area contributed by atoms with E-state index in [-0.39, 0.29) is 0 Å². The fraction of sp³-hybridized carbons (Fsp3) is 0.800. The molecule has 1 aromatic rings. The summed E-state index contributed by atoms with van der Waals surface area (Å²) in [5.74, 6) is 2.12. The van der Waals surface area contributed by atoms with Crippen LogP contribution < -0.4 is 5.32 Å². The summed E-state index contributed by atoms with van der Waals surface area (Å²) in [7, 11) is 0. The van der Waals surface area contributed by atoms with E-state index in [1.54, 1.807) is 0 Å². The number of hydrogen-bond acceptors (Lipinski definition) is 3. The van der Waals surface area contributed by atoms with Crippen LogP contribution in [0, 0.1) is 0 Å². The number of hydrogen-bond donors (Lipinski definition) is 1. The van der Waals surface area contributed by atoms with Gasteiger partial charge < -0.3 is 5.32 Å². The first kappa shape index (κ1) is 9.65. The van der Waals surface area contributed by atoms with Crippen LogP contribution in [0.5, 0.6) is 0 Å². The van der Waals surface area contributed by atoms with Gasteiger partial charge in [0.1, 0.15) is 5.82 Å². The van der Waals surface area contributed by atoms with Crippen molar-refractivity contribution in [1.29, 1.82) is 0 Å². The van der Waals surface area contributed by atoms with Crippen molar-refractivity contribution in [3.8, 4) is 0 Å². The molecule has 0 amide bonds. The van der Waals surface area contributed by atoms with E-state index >= 15 is 0 Å². The minimum Gasteiger partial charge on any atom is -0.315 e. The smallest absolute Gasteiger partial charge is 0.150 e. The van der Waals surface area contributed by atoms with E-state index < -0.39 is 0 Å². The van der Waals surface area contributed by atoms with Crippen molar-refractivity contribution in [3.05, 3.63) is 11.6 Å². The largest absolute Gasteiger partial charge is 0.315 e. The maximum atomic E-state index is 4.55. The Bertz CT molecular complexity index is 299. The van der Waals surface area contributed by atoms with Crippen molar-refractivity contribution < 1.29 is 0 Å². The zero-order valence-corrected chi connectivity index (χ0v) is 8.95. The molecule has 0 bridgehead atoms. The van der Waals surface area contributed by atoms with E-state index in [4.69, 9.17) is 0 Å². The SMILES string of the molecule is CCc1nc(CC)n(C2CCNC2)n1. The third-order valence-electron chi connectivity index (χ3n) is 2.76. The molecule has 1 saturated heterocycles. The molecule has 1 N–H and O–H groups in total. The normalized spacial score (nSPS) is 21.7.